The molecule has 92 valence electrons. The zero-order valence-corrected chi connectivity index (χ0v) is 10.2. The Hall–Kier alpha value is -1.55. The molecule has 0 aromatic heterocycles. The molecule has 0 radical (unpaired) electrons. The molecular weight excluding hydrogens is 218 g/mol. The van der Waals surface area contributed by atoms with Gasteiger partial charge in [0.25, 0.3) is 5.91 Å². The van der Waals surface area contributed by atoms with Crippen molar-refractivity contribution in [1.82, 2.24) is 5.06 Å². The highest BCUT2D eigenvalue weighted by Gasteiger charge is 2.20. The van der Waals surface area contributed by atoms with Crippen LogP contribution in [0, 0.1) is 13.8 Å². The van der Waals surface area contributed by atoms with Gasteiger partial charge < -0.3 is 4.74 Å². The summed E-state index contributed by atoms with van der Waals surface area (Å²) in [6.45, 7) is 5.26. The molecule has 0 aliphatic carbocycles. The number of carbonyl (C=O) groups is 1. The second-order valence-corrected chi connectivity index (χ2v) is 4.19. The van der Waals surface area contributed by atoms with Gasteiger partial charge in [0.15, 0.2) is 6.61 Å². The van der Waals surface area contributed by atoms with Crippen LogP contribution in [-0.4, -0.2) is 30.7 Å². The van der Waals surface area contributed by atoms with E-state index in [1.54, 1.807) is 0 Å². The summed E-state index contributed by atoms with van der Waals surface area (Å²) in [5.41, 5.74) is 2.08. The molecule has 0 saturated carbocycles. The molecule has 1 aliphatic heterocycles. The Morgan fingerprint density at radius 3 is 2.71 bits per heavy atom. The first-order valence-electron chi connectivity index (χ1n) is 5.81. The van der Waals surface area contributed by atoms with E-state index in [2.05, 4.69) is 0 Å². The number of hydroxylamine groups is 2. The predicted molar refractivity (Wildman–Crippen MR) is 63.7 cm³/mol. The highest BCUT2D eigenvalue weighted by molar-refractivity contribution is 5.76. The van der Waals surface area contributed by atoms with Gasteiger partial charge in [0.2, 0.25) is 0 Å². The highest BCUT2D eigenvalue weighted by atomic mass is 16.7. The van der Waals surface area contributed by atoms with Crippen LogP contribution < -0.4 is 4.74 Å². The van der Waals surface area contributed by atoms with Gasteiger partial charge in [-0.15, -0.1) is 0 Å². The first-order valence-corrected chi connectivity index (χ1v) is 5.81. The molecule has 17 heavy (non-hydrogen) atoms. The number of carbonyl (C=O) groups excluding carboxylic acids is 1. The maximum absolute atomic E-state index is 11.7. The molecule has 0 unspecified atom stereocenters. The minimum Gasteiger partial charge on any atom is -0.483 e. The van der Waals surface area contributed by atoms with E-state index < -0.39 is 0 Å². The van der Waals surface area contributed by atoms with Crippen molar-refractivity contribution in [3.05, 3.63) is 29.3 Å². The Bertz CT molecular complexity index is 391. The minimum absolute atomic E-state index is 0.0334. The van der Waals surface area contributed by atoms with E-state index in [0.29, 0.717) is 13.2 Å². The van der Waals surface area contributed by atoms with Gasteiger partial charge in [-0.3, -0.25) is 9.63 Å². The Labute approximate surface area is 101 Å². The van der Waals surface area contributed by atoms with Gasteiger partial charge in [-0.2, -0.15) is 0 Å². The van der Waals surface area contributed by atoms with Gasteiger partial charge in [0.1, 0.15) is 5.75 Å². The first-order chi connectivity index (χ1) is 8.18. The Balaban J connectivity index is 1.95. The van der Waals surface area contributed by atoms with Crippen molar-refractivity contribution in [3.8, 4) is 5.75 Å². The second kappa shape index (κ2) is 5.19. The number of ether oxygens (including phenoxy) is 1. The van der Waals surface area contributed by atoms with Gasteiger partial charge in [-0.05, 0) is 31.4 Å². The normalized spacial score (nSPS) is 15.1. The fraction of sp³-hybridized carbons (Fsp3) is 0.462. The van der Waals surface area contributed by atoms with Crippen LogP contribution in [-0.2, 0) is 9.63 Å². The molecule has 0 bridgehead atoms. The molecule has 0 N–H and O–H groups in total. The number of hydrogen-bond acceptors (Lipinski definition) is 3. The minimum atomic E-state index is -0.120. The summed E-state index contributed by atoms with van der Waals surface area (Å²) in [7, 11) is 0. The Kier molecular flexibility index (Phi) is 3.64. The molecule has 0 spiro atoms. The Morgan fingerprint density at radius 2 is 2.12 bits per heavy atom. The topological polar surface area (TPSA) is 38.8 Å². The lowest BCUT2D eigenvalue weighted by Crippen LogP contribution is -2.31. The highest BCUT2D eigenvalue weighted by Crippen LogP contribution is 2.22. The lowest BCUT2D eigenvalue weighted by atomic mass is 10.1. The average molecular weight is 235 g/mol. The summed E-state index contributed by atoms with van der Waals surface area (Å²) < 4.78 is 5.57. The van der Waals surface area contributed by atoms with Gasteiger partial charge in [-0.1, -0.05) is 18.2 Å². The number of amides is 1. The largest absolute Gasteiger partial charge is 0.483 e. The lowest BCUT2D eigenvalue weighted by Gasteiger charge is -2.16. The van der Waals surface area contributed by atoms with E-state index in [0.717, 1.165) is 23.3 Å². The van der Waals surface area contributed by atoms with Gasteiger partial charge >= 0.3 is 0 Å². The van der Waals surface area contributed by atoms with Gasteiger partial charge in [0.05, 0.1) is 13.2 Å². The fourth-order valence-electron chi connectivity index (χ4n) is 1.88. The molecule has 2 rings (SSSR count). The van der Waals surface area contributed by atoms with Crippen LogP contribution in [0.4, 0.5) is 0 Å². The number of aryl methyl sites for hydroxylation is 2. The number of benzene rings is 1. The zero-order chi connectivity index (χ0) is 12.3. The second-order valence-electron chi connectivity index (χ2n) is 4.19. The number of hydrogen-bond donors (Lipinski definition) is 0. The van der Waals surface area contributed by atoms with Crippen molar-refractivity contribution in [2.75, 3.05) is 19.8 Å². The first kappa shape index (κ1) is 11.9. The van der Waals surface area contributed by atoms with Crippen LogP contribution in [0.2, 0.25) is 0 Å². The third-order valence-electron chi connectivity index (χ3n) is 2.78. The SMILES string of the molecule is Cc1cccc(C)c1OCC(=O)N1CCCO1. The van der Waals surface area contributed by atoms with Crippen LogP contribution in [0.25, 0.3) is 0 Å². The van der Waals surface area contributed by atoms with Crippen molar-refractivity contribution < 1.29 is 14.4 Å². The predicted octanol–water partition coefficient (Wildman–Crippen LogP) is 1.85. The fourth-order valence-corrected chi connectivity index (χ4v) is 1.88. The zero-order valence-electron chi connectivity index (χ0n) is 10.2. The van der Waals surface area contributed by atoms with Crippen molar-refractivity contribution in [2.24, 2.45) is 0 Å². The molecule has 4 heteroatoms. The van der Waals surface area contributed by atoms with Crippen molar-refractivity contribution in [2.45, 2.75) is 20.3 Å². The molecular formula is C13H17NO3. The molecule has 1 heterocycles. The third kappa shape index (κ3) is 2.77. The van der Waals surface area contributed by atoms with Crippen LogP contribution in [0.5, 0.6) is 5.75 Å². The standard InChI is InChI=1S/C13H17NO3/c1-10-5-3-6-11(2)13(10)16-9-12(15)14-7-4-8-17-14/h3,5-6H,4,7-9H2,1-2H3. The Morgan fingerprint density at radius 1 is 1.41 bits per heavy atom. The molecule has 1 aliphatic rings. The third-order valence-corrected chi connectivity index (χ3v) is 2.78. The van der Waals surface area contributed by atoms with Crippen LogP contribution in [0.1, 0.15) is 17.5 Å². The number of rotatable bonds is 3. The van der Waals surface area contributed by atoms with Crippen LogP contribution >= 0.6 is 0 Å². The molecule has 1 amide bonds. The summed E-state index contributed by atoms with van der Waals surface area (Å²) in [6.07, 6.45) is 0.898. The van der Waals surface area contributed by atoms with Crippen molar-refractivity contribution >= 4 is 5.91 Å². The quantitative estimate of drug-likeness (QED) is 0.802. The van der Waals surface area contributed by atoms with Crippen LogP contribution in [0.15, 0.2) is 18.2 Å². The van der Waals surface area contributed by atoms with Gasteiger partial charge in [0, 0.05) is 0 Å². The van der Waals surface area contributed by atoms with E-state index in [4.69, 9.17) is 9.57 Å². The monoisotopic (exact) mass is 235 g/mol. The summed E-state index contributed by atoms with van der Waals surface area (Å²) in [5, 5.41) is 1.38. The van der Waals surface area contributed by atoms with Crippen molar-refractivity contribution in [1.29, 1.82) is 0 Å². The van der Waals surface area contributed by atoms with E-state index in [-0.39, 0.29) is 12.5 Å². The average Bonchev–Trinajstić information content (AvgIpc) is 2.81. The summed E-state index contributed by atoms with van der Waals surface area (Å²) >= 11 is 0. The molecule has 1 saturated heterocycles. The lowest BCUT2D eigenvalue weighted by molar-refractivity contribution is -0.170. The van der Waals surface area contributed by atoms with E-state index >= 15 is 0 Å². The van der Waals surface area contributed by atoms with Crippen LogP contribution in [0.3, 0.4) is 0 Å². The summed E-state index contributed by atoms with van der Waals surface area (Å²) in [6, 6.07) is 5.92. The van der Waals surface area contributed by atoms with E-state index in [1.165, 1.54) is 5.06 Å². The molecule has 1 aromatic carbocycles. The number of para-hydroxylation sites is 1. The van der Waals surface area contributed by atoms with E-state index in [1.807, 2.05) is 32.0 Å². The number of nitrogens with zero attached hydrogens (tertiary/aromatic N) is 1. The summed E-state index contributed by atoms with van der Waals surface area (Å²) in [4.78, 5) is 16.9. The summed E-state index contributed by atoms with van der Waals surface area (Å²) in [5.74, 6) is 0.671. The van der Waals surface area contributed by atoms with Gasteiger partial charge in [-0.25, -0.2) is 5.06 Å². The molecule has 0 atom stereocenters. The molecule has 1 aromatic rings. The maximum atomic E-state index is 11.7. The molecule has 1 fully saturated rings. The maximum Gasteiger partial charge on any atom is 0.283 e. The van der Waals surface area contributed by atoms with Crippen molar-refractivity contribution in [3.63, 3.8) is 0 Å². The smallest absolute Gasteiger partial charge is 0.283 e. The molecule has 4 nitrogen and oxygen atoms in total. The van der Waals surface area contributed by atoms with E-state index in [9.17, 15) is 4.79 Å².